The first-order valence-corrected chi connectivity index (χ1v) is 7.65. The first-order valence-electron chi connectivity index (χ1n) is 6.84. The average Bonchev–Trinajstić information content (AvgIpc) is 2.63. The van der Waals surface area contributed by atoms with Crippen LogP contribution in [-0.2, 0) is 19.0 Å². The molecule has 1 aromatic heterocycles. The minimum absolute atomic E-state index is 0.189. The summed E-state index contributed by atoms with van der Waals surface area (Å²) in [5.41, 5.74) is 9.53. The molecular weight excluding hydrogens is 266 g/mol. The number of aromatic nitrogens is 2. The summed E-state index contributed by atoms with van der Waals surface area (Å²) in [6, 6.07) is 8.75. The van der Waals surface area contributed by atoms with E-state index < -0.39 is 0 Å². The number of nitrogens with two attached hydrogens (primary N) is 1. The Morgan fingerprint density at radius 1 is 1.20 bits per heavy atom. The normalized spacial score (nSPS) is 11.9. The third kappa shape index (κ3) is 3.07. The SMILES string of the molecule is Cc1nn(C)c(Sc2ccc(C(C)(C)C)cc2)c1CN. The molecule has 108 valence electrons. The summed E-state index contributed by atoms with van der Waals surface area (Å²) in [5.74, 6) is 0. The van der Waals surface area contributed by atoms with E-state index in [1.165, 1.54) is 10.5 Å². The summed E-state index contributed by atoms with van der Waals surface area (Å²) in [5, 5.41) is 5.58. The Balaban J connectivity index is 2.27. The van der Waals surface area contributed by atoms with Crippen LogP contribution in [0.3, 0.4) is 0 Å². The molecule has 0 bridgehead atoms. The maximum absolute atomic E-state index is 5.83. The molecule has 1 aromatic carbocycles. The number of rotatable bonds is 3. The minimum Gasteiger partial charge on any atom is -0.326 e. The van der Waals surface area contributed by atoms with Crippen molar-refractivity contribution in [1.82, 2.24) is 9.78 Å². The Bertz CT molecular complexity index is 591. The fraction of sp³-hybridized carbons (Fsp3) is 0.438. The van der Waals surface area contributed by atoms with E-state index in [2.05, 4.69) is 50.1 Å². The van der Waals surface area contributed by atoms with Gasteiger partial charge >= 0.3 is 0 Å². The number of nitrogens with zero attached hydrogens (tertiary/aromatic N) is 2. The highest BCUT2D eigenvalue weighted by atomic mass is 32.2. The first kappa shape index (κ1) is 15.1. The summed E-state index contributed by atoms with van der Waals surface area (Å²) >= 11 is 1.73. The van der Waals surface area contributed by atoms with Gasteiger partial charge in [0.1, 0.15) is 5.03 Å². The molecule has 0 saturated heterocycles. The zero-order chi connectivity index (χ0) is 14.9. The summed E-state index contributed by atoms with van der Waals surface area (Å²) in [6.45, 7) is 9.22. The van der Waals surface area contributed by atoms with E-state index in [1.807, 2.05) is 18.7 Å². The van der Waals surface area contributed by atoms with Crippen molar-refractivity contribution >= 4 is 11.8 Å². The molecule has 20 heavy (non-hydrogen) atoms. The molecule has 0 fully saturated rings. The zero-order valence-electron chi connectivity index (χ0n) is 12.9. The lowest BCUT2D eigenvalue weighted by molar-refractivity contribution is 0.589. The van der Waals surface area contributed by atoms with Gasteiger partial charge in [0, 0.05) is 24.1 Å². The maximum atomic E-state index is 5.83. The van der Waals surface area contributed by atoms with Crippen LogP contribution in [-0.4, -0.2) is 9.78 Å². The molecule has 0 unspecified atom stereocenters. The maximum Gasteiger partial charge on any atom is 0.103 e. The summed E-state index contributed by atoms with van der Waals surface area (Å²) in [6.07, 6.45) is 0. The lowest BCUT2D eigenvalue weighted by atomic mass is 9.87. The molecule has 0 spiro atoms. The van der Waals surface area contributed by atoms with Crippen molar-refractivity contribution in [2.75, 3.05) is 0 Å². The second-order valence-corrected chi connectivity index (χ2v) is 7.14. The van der Waals surface area contributed by atoms with E-state index in [1.54, 1.807) is 11.8 Å². The highest BCUT2D eigenvalue weighted by Gasteiger charge is 2.15. The van der Waals surface area contributed by atoms with Gasteiger partial charge in [-0.05, 0) is 30.0 Å². The van der Waals surface area contributed by atoms with Crippen LogP contribution in [0.4, 0.5) is 0 Å². The summed E-state index contributed by atoms with van der Waals surface area (Å²) in [7, 11) is 1.97. The molecule has 0 aliphatic carbocycles. The fourth-order valence-electron chi connectivity index (χ4n) is 2.18. The second-order valence-electron chi connectivity index (χ2n) is 6.07. The van der Waals surface area contributed by atoms with Crippen molar-refractivity contribution in [3.05, 3.63) is 41.1 Å². The molecule has 0 amide bonds. The third-order valence-electron chi connectivity index (χ3n) is 3.43. The Morgan fingerprint density at radius 2 is 1.80 bits per heavy atom. The zero-order valence-corrected chi connectivity index (χ0v) is 13.7. The number of hydrogen-bond donors (Lipinski definition) is 1. The van der Waals surface area contributed by atoms with Gasteiger partial charge in [0.15, 0.2) is 0 Å². The van der Waals surface area contributed by atoms with Crippen LogP contribution in [0.1, 0.15) is 37.6 Å². The smallest absolute Gasteiger partial charge is 0.103 e. The lowest BCUT2D eigenvalue weighted by Gasteiger charge is -2.19. The number of hydrogen-bond acceptors (Lipinski definition) is 3. The van der Waals surface area contributed by atoms with E-state index in [9.17, 15) is 0 Å². The Kier molecular flexibility index (Phi) is 4.25. The van der Waals surface area contributed by atoms with Gasteiger partial charge in [0.2, 0.25) is 0 Å². The number of aryl methyl sites for hydroxylation is 2. The van der Waals surface area contributed by atoms with Gasteiger partial charge in [-0.2, -0.15) is 5.10 Å². The Labute approximate surface area is 125 Å². The third-order valence-corrected chi connectivity index (χ3v) is 4.64. The molecule has 0 aliphatic heterocycles. The van der Waals surface area contributed by atoms with Crippen LogP contribution in [0.5, 0.6) is 0 Å². The standard InChI is InChI=1S/C16H23N3S/c1-11-14(10-17)15(19(5)18-11)20-13-8-6-12(7-9-13)16(2,3)4/h6-9H,10,17H2,1-5H3. The van der Waals surface area contributed by atoms with E-state index in [4.69, 9.17) is 5.73 Å². The largest absolute Gasteiger partial charge is 0.326 e. The molecule has 0 aliphatic rings. The van der Waals surface area contributed by atoms with E-state index in [0.29, 0.717) is 6.54 Å². The van der Waals surface area contributed by atoms with Gasteiger partial charge in [0.05, 0.1) is 5.69 Å². The molecule has 1 heterocycles. The van der Waals surface area contributed by atoms with Gasteiger partial charge in [-0.25, -0.2) is 0 Å². The van der Waals surface area contributed by atoms with Gasteiger partial charge in [-0.3, -0.25) is 4.68 Å². The van der Waals surface area contributed by atoms with E-state index >= 15 is 0 Å². The van der Waals surface area contributed by atoms with Crippen molar-refractivity contribution < 1.29 is 0 Å². The fourth-order valence-corrected chi connectivity index (χ4v) is 3.20. The van der Waals surface area contributed by atoms with Crippen LogP contribution in [0.15, 0.2) is 34.2 Å². The van der Waals surface area contributed by atoms with Crippen LogP contribution in [0.2, 0.25) is 0 Å². The molecular formula is C16H23N3S. The molecule has 2 aromatic rings. The van der Waals surface area contributed by atoms with Crippen molar-refractivity contribution in [1.29, 1.82) is 0 Å². The number of benzene rings is 1. The summed E-state index contributed by atoms with van der Waals surface area (Å²) < 4.78 is 1.92. The summed E-state index contributed by atoms with van der Waals surface area (Å²) in [4.78, 5) is 1.22. The molecule has 0 radical (unpaired) electrons. The van der Waals surface area contributed by atoms with Crippen molar-refractivity contribution in [2.24, 2.45) is 12.8 Å². The molecule has 2 N–H and O–H groups in total. The monoisotopic (exact) mass is 289 g/mol. The highest BCUT2D eigenvalue weighted by molar-refractivity contribution is 7.99. The second kappa shape index (κ2) is 5.62. The lowest BCUT2D eigenvalue weighted by Crippen LogP contribution is -2.10. The van der Waals surface area contributed by atoms with Gasteiger partial charge in [0.25, 0.3) is 0 Å². The van der Waals surface area contributed by atoms with Crippen LogP contribution in [0, 0.1) is 6.92 Å². The predicted molar refractivity (Wildman–Crippen MR) is 85.1 cm³/mol. The first-order chi connectivity index (χ1) is 9.32. The van der Waals surface area contributed by atoms with Gasteiger partial charge in [-0.15, -0.1) is 0 Å². The Morgan fingerprint density at radius 3 is 2.30 bits per heavy atom. The molecule has 2 rings (SSSR count). The quantitative estimate of drug-likeness (QED) is 0.938. The molecule has 0 saturated carbocycles. The minimum atomic E-state index is 0.189. The van der Waals surface area contributed by atoms with E-state index in [-0.39, 0.29) is 5.41 Å². The highest BCUT2D eigenvalue weighted by Crippen LogP contribution is 2.33. The average molecular weight is 289 g/mol. The molecule has 3 nitrogen and oxygen atoms in total. The van der Waals surface area contributed by atoms with Crippen LogP contribution in [0.25, 0.3) is 0 Å². The predicted octanol–water partition coefficient (Wildman–Crippen LogP) is 3.64. The topological polar surface area (TPSA) is 43.8 Å². The van der Waals surface area contributed by atoms with Gasteiger partial charge < -0.3 is 5.73 Å². The van der Waals surface area contributed by atoms with Crippen molar-refractivity contribution in [2.45, 2.75) is 49.6 Å². The van der Waals surface area contributed by atoms with Crippen LogP contribution < -0.4 is 5.73 Å². The Hall–Kier alpha value is -1.26. The van der Waals surface area contributed by atoms with Crippen LogP contribution >= 0.6 is 11.8 Å². The van der Waals surface area contributed by atoms with Gasteiger partial charge in [-0.1, -0.05) is 44.7 Å². The molecule has 4 heteroatoms. The van der Waals surface area contributed by atoms with E-state index in [0.717, 1.165) is 16.3 Å². The van der Waals surface area contributed by atoms with Crippen molar-refractivity contribution in [3.8, 4) is 0 Å². The molecule has 0 atom stereocenters. The van der Waals surface area contributed by atoms with Crippen molar-refractivity contribution in [3.63, 3.8) is 0 Å².